The summed E-state index contributed by atoms with van der Waals surface area (Å²) in [6, 6.07) is 28.7. The molecule has 34 heavy (non-hydrogen) atoms. The van der Waals surface area contributed by atoms with E-state index in [1.165, 1.54) is 27.7 Å². The Morgan fingerprint density at radius 3 is 2.53 bits per heavy atom. The summed E-state index contributed by atoms with van der Waals surface area (Å²) in [4.78, 5) is 15.7. The average Bonchev–Trinajstić information content (AvgIpc) is 3.25. The Balaban J connectivity index is 1.26. The fourth-order valence-electron chi connectivity index (χ4n) is 3.94. The lowest BCUT2D eigenvalue weighted by Gasteiger charge is -2.10. The van der Waals surface area contributed by atoms with Gasteiger partial charge in [0.05, 0.1) is 10.2 Å². The number of thiazole rings is 1. The predicted octanol–water partition coefficient (Wildman–Crippen LogP) is 7.35. The van der Waals surface area contributed by atoms with Crippen molar-refractivity contribution < 1.29 is 9.53 Å². The maximum absolute atomic E-state index is 11.1. The van der Waals surface area contributed by atoms with Crippen LogP contribution in [-0.2, 0) is 4.79 Å². The molecular formula is C28H25N3O2S. The van der Waals surface area contributed by atoms with Crippen LogP contribution in [0, 0.1) is 0 Å². The number of fused-ring (bicyclic) bond motifs is 2. The lowest BCUT2D eigenvalue weighted by molar-refractivity contribution is -0.118. The Labute approximate surface area is 202 Å². The van der Waals surface area contributed by atoms with Gasteiger partial charge in [-0.25, -0.2) is 4.98 Å². The average molecular weight is 468 g/mol. The number of nitrogens with two attached hydrogens (primary N) is 1. The number of aromatic nitrogens is 1. The molecule has 0 saturated carbocycles. The molecule has 0 bridgehead atoms. The van der Waals surface area contributed by atoms with Crippen LogP contribution in [-0.4, -0.2) is 10.9 Å². The number of ether oxygens (including phenoxy) is 1. The molecule has 0 spiro atoms. The molecule has 0 radical (unpaired) electrons. The van der Waals surface area contributed by atoms with E-state index in [-0.39, 0.29) is 11.8 Å². The minimum Gasteiger partial charge on any atom is -0.431 e. The van der Waals surface area contributed by atoms with Crippen LogP contribution in [0.4, 0.5) is 11.4 Å². The van der Waals surface area contributed by atoms with Crippen LogP contribution in [0.3, 0.4) is 0 Å². The predicted molar refractivity (Wildman–Crippen MR) is 140 cm³/mol. The minimum atomic E-state index is -0.264. The van der Waals surface area contributed by atoms with E-state index in [1.807, 2.05) is 42.5 Å². The topological polar surface area (TPSA) is 77.2 Å². The molecule has 0 aliphatic heterocycles. The SMILES string of the molecule is CC(CCC(N)=O)c1ccc2nc(Oc3ccc(Nc4ccc5ccccc5c4)cc3)sc2c1. The molecule has 0 fully saturated rings. The number of nitrogens with one attached hydrogen (secondary N) is 1. The van der Waals surface area contributed by atoms with Crippen LogP contribution in [0.5, 0.6) is 10.9 Å². The summed E-state index contributed by atoms with van der Waals surface area (Å²) >= 11 is 1.52. The summed E-state index contributed by atoms with van der Waals surface area (Å²) < 4.78 is 7.09. The number of nitrogens with zero attached hydrogens (tertiary/aromatic N) is 1. The van der Waals surface area contributed by atoms with Crippen LogP contribution in [0.1, 0.15) is 31.2 Å². The number of primary amides is 1. The van der Waals surface area contributed by atoms with Gasteiger partial charge in [0.1, 0.15) is 5.75 Å². The molecule has 1 atom stereocenters. The van der Waals surface area contributed by atoms with Gasteiger partial charge < -0.3 is 15.8 Å². The van der Waals surface area contributed by atoms with E-state index in [0.29, 0.717) is 11.6 Å². The molecule has 5 aromatic rings. The maximum Gasteiger partial charge on any atom is 0.279 e. The van der Waals surface area contributed by atoms with Gasteiger partial charge in [0, 0.05) is 17.8 Å². The van der Waals surface area contributed by atoms with Gasteiger partial charge in [-0.3, -0.25) is 4.79 Å². The number of carbonyl (C=O) groups is 1. The Hall–Kier alpha value is -3.90. The second kappa shape index (κ2) is 9.53. The first-order chi connectivity index (χ1) is 16.5. The van der Waals surface area contributed by atoms with Crippen LogP contribution < -0.4 is 15.8 Å². The quantitative estimate of drug-likeness (QED) is 0.250. The highest BCUT2D eigenvalue weighted by molar-refractivity contribution is 7.20. The molecule has 4 aromatic carbocycles. The zero-order valence-corrected chi connectivity index (χ0v) is 19.6. The lowest BCUT2D eigenvalue weighted by Crippen LogP contribution is -2.11. The normalized spacial score (nSPS) is 12.0. The van der Waals surface area contributed by atoms with E-state index in [2.05, 4.69) is 59.7 Å². The summed E-state index contributed by atoms with van der Waals surface area (Å²) in [6.45, 7) is 2.11. The molecule has 5 nitrogen and oxygen atoms in total. The van der Waals surface area contributed by atoms with E-state index in [0.717, 1.165) is 33.8 Å². The number of carbonyl (C=O) groups excluding carboxylic acids is 1. The lowest BCUT2D eigenvalue weighted by atomic mass is 9.96. The summed E-state index contributed by atoms with van der Waals surface area (Å²) in [5.41, 5.74) is 9.39. The first kappa shape index (κ1) is 21.9. The zero-order chi connectivity index (χ0) is 23.5. The first-order valence-electron chi connectivity index (χ1n) is 11.3. The molecule has 0 saturated heterocycles. The fraction of sp³-hybridized carbons (Fsp3) is 0.143. The van der Waals surface area contributed by atoms with Gasteiger partial charge in [0.25, 0.3) is 5.19 Å². The zero-order valence-electron chi connectivity index (χ0n) is 18.8. The first-order valence-corrected chi connectivity index (χ1v) is 12.1. The number of rotatable bonds is 8. The number of hydrogen-bond acceptors (Lipinski definition) is 5. The van der Waals surface area contributed by atoms with Crippen molar-refractivity contribution in [3.63, 3.8) is 0 Å². The fourth-order valence-corrected chi connectivity index (χ4v) is 4.82. The third-order valence-electron chi connectivity index (χ3n) is 5.88. The summed E-state index contributed by atoms with van der Waals surface area (Å²) in [7, 11) is 0. The van der Waals surface area contributed by atoms with Gasteiger partial charge in [-0.05, 0) is 77.2 Å². The molecule has 1 unspecified atom stereocenters. The third kappa shape index (κ3) is 5.02. The van der Waals surface area contributed by atoms with Crippen molar-refractivity contribution in [2.45, 2.75) is 25.7 Å². The van der Waals surface area contributed by atoms with Crippen molar-refractivity contribution in [2.75, 3.05) is 5.32 Å². The van der Waals surface area contributed by atoms with Crippen LogP contribution in [0.2, 0.25) is 0 Å². The van der Waals surface area contributed by atoms with Gasteiger partial charge in [0.2, 0.25) is 5.91 Å². The van der Waals surface area contributed by atoms with Gasteiger partial charge in [-0.2, -0.15) is 0 Å². The molecule has 1 amide bonds. The largest absolute Gasteiger partial charge is 0.431 e. The van der Waals surface area contributed by atoms with Crippen molar-refractivity contribution in [2.24, 2.45) is 5.73 Å². The number of hydrogen-bond donors (Lipinski definition) is 2. The van der Waals surface area contributed by atoms with E-state index >= 15 is 0 Å². The van der Waals surface area contributed by atoms with Gasteiger partial charge in [-0.15, -0.1) is 0 Å². The Morgan fingerprint density at radius 1 is 0.971 bits per heavy atom. The summed E-state index contributed by atoms with van der Waals surface area (Å²) in [6.07, 6.45) is 1.13. The smallest absolute Gasteiger partial charge is 0.279 e. The second-order valence-electron chi connectivity index (χ2n) is 8.43. The molecule has 170 valence electrons. The minimum absolute atomic E-state index is 0.256. The summed E-state index contributed by atoms with van der Waals surface area (Å²) in [5.74, 6) is 0.726. The highest BCUT2D eigenvalue weighted by Crippen LogP contribution is 2.34. The third-order valence-corrected chi connectivity index (χ3v) is 6.78. The van der Waals surface area contributed by atoms with Crippen molar-refractivity contribution in [3.8, 4) is 10.9 Å². The molecular weight excluding hydrogens is 442 g/mol. The van der Waals surface area contributed by atoms with Crippen molar-refractivity contribution in [1.82, 2.24) is 4.98 Å². The number of amides is 1. The molecule has 0 aliphatic rings. The van der Waals surface area contributed by atoms with Crippen molar-refractivity contribution in [3.05, 3.63) is 90.5 Å². The monoisotopic (exact) mass is 467 g/mol. The van der Waals surface area contributed by atoms with Gasteiger partial charge in [0.15, 0.2) is 0 Å². The molecule has 0 aliphatic carbocycles. The summed E-state index contributed by atoms with van der Waals surface area (Å²) in [5, 5.41) is 6.47. The molecule has 1 heterocycles. The van der Waals surface area contributed by atoms with E-state index in [9.17, 15) is 4.79 Å². The van der Waals surface area contributed by atoms with E-state index in [1.54, 1.807) is 0 Å². The van der Waals surface area contributed by atoms with Crippen LogP contribution in [0.25, 0.3) is 21.0 Å². The Bertz CT molecular complexity index is 1460. The van der Waals surface area contributed by atoms with Crippen LogP contribution in [0.15, 0.2) is 84.9 Å². The number of anilines is 2. The van der Waals surface area contributed by atoms with Crippen LogP contribution >= 0.6 is 11.3 Å². The highest BCUT2D eigenvalue weighted by Gasteiger charge is 2.11. The Morgan fingerprint density at radius 2 is 1.74 bits per heavy atom. The van der Waals surface area contributed by atoms with Gasteiger partial charge in [-0.1, -0.05) is 54.7 Å². The maximum atomic E-state index is 11.1. The van der Waals surface area contributed by atoms with E-state index in [4.69, 9.17) is 10.5 Å². The molecule has 1 aromatic heterocycles. The van der Waals surface area contributed by atoms with E-state index < -0.39 is 0 Å². The highest BCUT2D eigenvalue weighted by atomic mass is 32.1. The number of benzene rings is 4. The van der Waals surface area contributed by atoms with Gasteiger partial charge >= 0.3 is 0 Å². The standard InChI is InChI=1S/C28H25N3O2S/c1-18(6-15-27(29)32)20-8-14-25-26(17-20)34-28(31-25)33-24-12-10-22(11-13-24)30-23-9-7-19-4-2-3-5-21(19)16-23/h2-5,7-14,16-18,30H,6,15H2,1H3,(H2,29,32). The molecule has 6 heteroatoms. The Kier molecular flexibility index (Phi) is 6.14. The second-order valence-corrected chi connectivity index (χ2v) is 9.42. The van der Waals surface area contributed by atoms with Crippen molar-refractivity contribution in [1.29, 1.82) is 0 Å². The molecule has 3 N–H and O–H groups in total. The molecule has 5 rings (SSSR count). The van der Waals surface area contributed by atoms with Crippen molar-refractivity contribution >= 4 is 49.6 Å².